The highest BCUT2D eigenvalue weighted by atomic mass is 16.2. The van der Waals surface area contributed by atoms with E-state index in [4.69, 9.17) is 0 Å². The van der Waals surface area contributed by atoms with Crippen molar-refractivity contribution in [1.29, 1.82) is 0 Å². The quantitative estimate of drug-likeness (QED) is 0.881. The summed E-state index contributed by atoms with van der Waals surface area (Å²) in [7, 11) is 0. The lowest BCUT2D eigenvalue weighted by Gasteiger charge is -2.40. The van der Waals surface area contributed by atoms with Gasteiger partial charge in [-0.15, -0.1) is 0 Å². The molecule has 1 aromatic rings. The summed E-state index contributed by atoms with van der Waals surface area (Å²) in [6.07, 6.45) is 3.30. The minimum atomic E-state index is 0.318. The Bertz CT molecular complexity index is 480. The molecule has 22 heavy (non-hydrogen) atoms. The van der Waals surface area contributed by atoms with Gasteiger partial charge >= 0.3 is 0 Å². The molecule has 2 saturated heterocycles. The molecule has 0 spiro atoms. The molecule has 2 aliphatic heterocycles. The first-order valence-electron chi connectivity index (χ1n) is 8.25. The van der Waals surface area contributed by atoms with Crippen molar-refractivity contribution in [3.05, 3.63) is 6.33 Å². The molecule has 3 heterocycles. The molecule has 1 N–H and O–H groups in total. The van der Waals surface area contributed by atoms with Gasteiger partial charge < -0.3 is 9.80 Å². The zero-order valence-electron chi connectivity index (χ0n) is 13.5. The van der Waals surface area contributed by atoms with Crippen molar-refractivity contribution in [3.8, 4) is 0 Å². The van der Waals surface area contributed by atoms with E-state index in [1.165, 1.54) is 0 Å². The van der Waals surface area contributed by atoms with Crippen molar-refractivity contribution in [3.63, 3.8) is 0 Å². The summed E-state index contributed by atoms with van der Waals surface area (Å²) in [6.45, 7) is 10.3. The van der Waals surface area contributed by atoms with Crippen molar-refractivity contribution >= 4 is 11.9 Å². The second-order valence-electron chi connectivity index (χ2n) is 6.64. The normalized spacial score (nSPS) is 24.3. The van der Waals surface area contributed by atoms with Crippen LogP contribution >= 0.6 is 0 Å². The van der Waals surface area contributed by atoms with Gasteiger partial charge in [0.05, 0.1) is 0 Å². The Kier molecular flexibility index (Phi) is 4.61. The van der Waals surface area contributed by atoms with Crippen molar-refractivity contribution < 1.29 is 4.79 Å². The van der Waals surface area contributed by atoms with Gasteiger partial charge in [0.1, 0.15) is 6.33 Å². The summed E-state index contributed by atoms with van der Waals surface area (Å²) in [5, 5.41) is 6.84. The van der Waals surface area contributed by atoms with E-state index in [1.807, 2.05) is 4.90 Å². The molecule has 2 fully saturated rings. The number of anilines is 1. The summed E-state index contributed by atoms with van der Waals surface area (Å²) in [5.41, 5.74) is 0. The van der Waals surface area contributed by atoms with E-state index in [-0.39, 0.29) is 0 Å². The molecule has 3 rings (SSSR count). The predicted molar refractivity (Wildman–Crippen MR) is 84.6 cm³/mol. The third-order valence-electron chi connectivity index (χ3n) is 4.76. The summed E-state index contributed by atoms with van der Waals surface area (Å²) in [6, 6.07) is 0.318. The van der Waals surface area contributed by atoms with E-state index >= 15 is 0 Å². The predicted octanol–water partition coefficient (Wildman–Crippen LogP) is 0.574. The van der Waals surface area contributed by atoms with Gasteiger partial charge in [0, 0.05) is 51.7 Å². The monoisotopic (exact) mass is 306 g/mol. The number of nitrogens with zero attached hydrogens (tertiary/aromatic N) is 5. The van der Waals surface area contributed by atoms with Crippen molar-refractivity contribution in [2.45, 2.75) is 32.7 Å². The van der Waals surface area contributed by atoms with E-state index in [9.17, 15) is 4.79 Å². The number of piperidine rings is 1. The number of aromatic nitrogens is 3. The zero-order valence-corrected chi connectivity index (χ0v) is 13.5. The lowest BCUT2D eigenvalue weighted by Crippen LogP contribution is -2.51. The standard InChI is InChI=1S/C15H26N6O/c1-12(2)21-10-13(3-4-14(21)22)9-19-5-7-20(8-6-19)15-16-11-17-18-15/h11-13H,3-10H2,1-2H3,(H,16,17,18). The average Bonchev–Trinajstić information content (AvgIpc) is 3.04. The first kappa shape index (κ1) is 15.3. The van der Waals surface area contributed by atoms with Crippen molar-refractivity contribution in [1.82, 2.24) is 25.0 Å². The number of hydrogen-bond acceptors (Lipinski definition) is 5. The zero-order chi connectivity index (χ0) is 15.5. The molecule has 0 aromatic carbocycles. The number of rotatable bonds is 4. The summed E-state index contributed by atoms with van der Waals surface area (Å²) in [4.78, 5) is 23.0. The molecule has 0 bridgehead atoms. The van der Waals surface area contributed by atoms with Crippen LogP contribution in [-0.4, -0.2) is 76.2 Å². The van der Waals surface area contributed by atoms with Gasteiger partial charge in [0.2, 0.25) is 11.9 Å². The van der Waals surface area contributed by atoms with Crippen molar-refractivity contribution in [2.75, 3.05) is 44.2 Å². The first-order valence-corrected chi connectivity index (χ1v) is 8.25. The SMILES string of the molecule is CC(C)N1CC(CN2CCN(c3ncn[nH]3)CC2)CCC1=O. The minimum Gasteiger partial charge on any atom is -0.340 e. The van der Waals surface area contributed by atoms with E-state index in [0.29, 0.717) is 24.3 Å². The molecule has 122 valence electrons. The Balaban J connectivity index is 1.47. The third-order valence-corrected chi connectivity index (χ3v) is 4.76. The highest BCUT2D eigenvalue weighted by Crippen LogP contribution is 2.21. The topological polar surface area (TPSA) is 68.4 Å². The van der Waals surface area contributed by atoms with Gasteiger partial charge in [-0.3, -0.25) is 9.69 Å². The summed E-state index contributed by atoms with van der Waals surface area (Å²) < 4.78 is 0. The maximum atomic E-state index is 11.9. The van der Waals surface area contributed by atoms with Crippen LogP contribution in [0.25, 0.3) is 0 Å². The van der Waals surface area contributed by atoms with Crippen LogP contribution in [0.1, 0.15) is 26.7 Å². The Morgan fingerprint density at radius 3 is 2.73 bits per heavy atom. The number of piperazine rings is 1. The number of likely N-dealkylation sites (tertiary alicyclic amines) is 1. The Morgan fingerprint density at radius 1 is 1.32 bits per heavy atom. The van der Waals surface area contributed by atoms with Crippen molar-refractivity contribution in [2.24, 2.45) is 5.92 Å². The lowest BCUT2D eigenvalue weighted by molar-refractivity contribution is -0.136. The van der Waals surface area contributed by atoms with Crippen LogP contribution in [0.2, 0.25) is 0 Å². The molecular formula is C15H26N6O. The maximum Gasteiger partial charge on any atom is 0.222 e. The molecule has 1 unspecified atom stereocenters. The second kappa shape index (κ2) is 6.64. The lowest BCUT2D eigenvalue weighted by atomic mass is 9.95. The Morgan fingerprint density at radius 2 is 2.09 bits per heavy atom. The highest BCUT2D eigenvalue weighted by molar-refractivity contribution is 5.77. The number of carbonyl (C=O) groups is 1. The van der Waals surface area contributed by atoms with Gasteiger partial charge in [-0.1, -0.05) is 0 Å². The number of H-pyrrole nitrogens is 1. The minimum absolute atomic E-state index is 0.318. The van der Waals surface area contributed by atoms with Gasteiger partial charge in [-0.25, -0.2) is 5.10 Å². The van der Waals surface area contributed by atoms with Crippen LogP contribution < -0.4 is 4.90 Å². The van der Waals surface area contributed by atoms with E-state index in [1.54, 1.807) is 6.33 Å². The third kappa shape index (κ3) is 3.40. The number of hydrogen-bond donors (Lipinski definition) is 1. The van der Waals surface area contributed by atoms with Gasteiger partial charge in [0.25, 0.3) is 0 Å². The second-order valence-corrected chi connectivity index (χ2v) is 6.64. The fourth-order valence-electron chi connectivity index (χ4n) is 3.45. The van der Waals surface area contributed by atoms with E-state index in [2.05, 4.69) is 38.8 Å². The Labute approximate surface area is 131 Å². The van der Waals surface area contributed by atoms with Crippen LogP contribution in [-0.2, 0) is 4.79 Å². The van der Waals surface area contributed by atoms with Gasteiger partial charge in [-0.2, -0.15) is 10.1 Å². The average molecular weight is 306 g/mol. The fraction of sp³-hybridized carbons (Fsp3) is 0.800. The molecule has 1 amide bonds. The van der Waals surface area contributed by atoms with Crippen LogP contribution in [0.3, 0.4) is 0 Å². The smallest absolute Gasteiger partial charge is 0.222 e. The summed E-state index contributed by atoms with van der Waals surface area (Å²) >= 11 is 0. The molecule has 2 aliphatic rings. The largest absolute Gasteiger partial charge is 0.340 e. The van der Waals surface area contributed by atoms with Crippen LogP contribution in [0.15, 0.2) is 6.33 Å². The van der Waals surface area contributed by atoms with Crippen LogP contribution in [0, 0.1) is 5.92 Å². The molecule has 1 atom stereocenters. The van der Waals surface area contributed by atoms with Crippen LogP contribution in [0.5, 0.6) is 0 Å². The Hall–Kier alpha value is -1.63. The maximum absolute atomic E-state index is 11.9. The fourth-order valence-corrected chi connectivity index (χ4v) is 3.45. The number of aromatic amines is 1. The molecule has 7 nitrogen and oxygen atoms in total. The highest BCUT2D eigenvalue weighted by Gasteiger charge is 2.29. The number of nitrogens with one attached hydrogen (secondary N) is 1. The molecule has 0 radical (unpaired) electrons. The van der Waals surface area contributed by atoms with E-state index < -0.39 is 0 Å². The molecule has 7 heteroatoms. The molecule has 0 aliphatic carbocycles. The number of amides is 1. The molecule has 0 saturated carbocycles. The van der Waals surface area contributed by atoms with Gasteiger partial charge in [0.15, 0.2) is 0 Å². The summed E-state index contributed by atoms with van der Waals surface area (Å²) in [5.74, 6) is 1.80. The van der Waals surface area contributed by atoms with Crippen LogP contribution in [0.4, 0.5) is 5.95 Å². The first-order chi connectivity index (χ1) is 10.6. The van der Waals surface area contributed by atoms with Gasteiger partial charge in [-0.05, 0) is 26.2 Å². The molecule has 1 aromatic heterocycles. The van der Waals surface area contributed by atoms with E-state index in [0.717, 1.165) is 51.6 Å². The number of carbonyl (C=O) groups excluding carboxylic acids is 1. The molecular weight excluding hydrogens is 280 g/mol.